The fourth-order valence-electron chi connectivity index (χ4n) is 1.93. The van der Waals surface area contributed by atoms with Gasteiger partial charge in [-0.25, -0.2) is 4.57 Å². The molecule has 0 aliphatic rings. The Morgan fingerprint density at radius 3 is 1.35 bits per heavy atom. The van der Waals surface area contributed by atoms with Gasteiger partial charge in [-0.1, -0.05) is 34.8 Å². The molecule has 0 saturated heterocycles. The van der Waals surface area contributed by atoms with E-state index >= 15 is 0 Å². The minimum atomic E-state index is -3.64. The average Bonchev–Trinajstić information content (AvgIpc) is 2.61. The molecule has 26 heavy (non-hydrogen) atoms. The number of hydrogen-bond donors (Lipinski definition) is 0. The second kappa shape index (κ2) is 8.60. The molecule has 3 aromatic rings. The minimum Gasteiger partial charge on any atom is -0.408 e. The lowest BCUT2D eigenvalue weighted by molar-refractivity contribution is 0.408. The maximum absolute atomic E-state index is 13.4. The first-order chi connectivity index (χ1) is 12.4. The fraction of sp³-hybridized carbons (Fsp3) is 0. The van der Waals surface area contributed by atoms with E-state index < -0.39 is 6.80 Å². The molecular formula is C18H12Cl3O3PS. The highest BCUT2D eigenvalue weighted by Crippen LogP contribution is 2.62. The normalized spacial score (nSPS) is 11.2. The molecule has 0 aliphatic carbocycles. The topological polar surface area (TPSA) is 35.5 Å². The molecule has 0 amide bonds. The van der Waals surface area contributed by atoms with Gasteiger partial charge in [-0.2, -0.15) is 0 Å². The highest BCUT2D eigenvalue weighted by atomic mass is 35.5. The summed E-state index contributed by atoms with van der Waals surface area (Å²) in [6.07, 6.45) is 0. The maximum atomic E-state index is 13.4. The van der Waals surface area contributed by atoms with Crippen LogP contribution in [0, 0.1) is 0 Å². The van der Waals surface area contributed by atoms with Crippen LogP contribution >= 0.6 is 53.0 Å². The van der Waals surface area contributed by atoms with Crippen LogP contribution in [-0.4, -0.2) is 0 Å². The van der Waals surface area contributed by atoms with E-state index in [1.807, 2.05) is 0 Å². The van der Waals surface area contributed by atoms with Gasteiger partial charge in [0.1, 0.15) is 11.5 Å². The standard InChI is InChI=1S/C18H12Cl3O3PS/c19-13-1-7-16(8-2-13)23-25(22,24-17-9-3-14(20)4-10-17)26-18-11-5-15(21)6-12-18/h1-12H. The third-order valence-electron chi connectivity index (χ3n) is 3.09. The van der Waals surface area contributed by atoms with E-state index in [0.717, 1.165) is 11.4 Å². The first kappa shape index (κ1) is 19.5. The van der Waals surface area contributed by atoms with E-state index in [9.17, 15) is 4.57 Å². The Morgan fingerprint density at radius 2 is 0.962 bits per heavy atom. The average molecular weight is 446 g/mol. The second-order valence-corrected chi connectivity index (χ2v) is 10.2. The Labute approximate surface area is 170 Å². The highest BCUT2D eigenvalue weighted by molar-refractivity contribution is 8.55. The molecule has 0 N–H and O–H groups in total. The van der Waals surface area contributed by atoms with Gasteiger partial charge in [0.15, 0.2) is 0 Å². The van der Waals surface area contributed by atoms with Gasteiger partial charge in [0.2, 0.25) is 0 Å². The summed E-state index contributed by atoms with van der Waals surface area (Å²) < 4.78 is 24.8. The van der Waals surface area contributed by atoms with E-state index in [4.69, 9.17) is 43.9 Å². The molecule has 8 heteroatoms. The van der Waals surface area contributed by atoms with E-state index in [2.05, 4.69) is 0 Å². The summed E-state index contributed by atoms with van der Waals surface area (Å²) >= 11 is 18.7. The van der Waals surface area contributed by atoms with E-state index in [1.54, 1.807) is 72.8 Å². The Morgan fingerprint density at radius 1 is 0.615 bits per heavy atom. The SMILES string of the molecule is O=P(Oc1ccc(Cl)cc1)(Oc1ccc(Cl)cc1)Sc1ccc(Cl)cc1. The molecule has 0 aromatic heterocycles. The van der Waals surface area contributed by atoms with E-state index in [0.29, 0.717) is 31.5 Å². The van der Waals surface area contributed by atoms with Crippen LogP contribution in [0.3, 0.4) is 0 Å². The number of hydrogen-bond acceptors (Lipinski definition) is 4. The van der Waals surface area contributed by atoms with Crippen LogP contribution < -0.4 is 9.05 Å². The van der Waals surface area contributed by atoms with Crippen molar-refractivity contribution in [1.82, 2.24) is 0 Å². The van der Waals surface area contributed by atoms with Crippen LogP contribution in [0.1, 0.15) is 0 Å². The van der Waals surface area contributed by atoms with Crippen LogP contribution in [0.4, 0.5) is 0 Å². The maximum Gasteiger partial charge on any atom is 0.497 e. The summed E-state index contributed by atoms with van der Waals surface area (Å²) in [5, 5.41) is 1.69. The quantitative estimate of drug-likeness (QED) is 0.360. The Hall–Kier alpha value is -1.29. The van der Waals surface area contributed by atoms with Gasteiger partial charge in [-0.05, 0) is 72.8 Å². The second-order valence-electron chi connectivity index (χ2n) is 5.08. The lowest BCUT2D eigenvalue weighted by Gasteiger charge is -2.19. The highest BCUT2D eigenvalue weighted by Gasteiger charge is 2.30. The van der Waals surface area contributed by atoms with Crippen molar-refractivity contribution in [3.05, 3.63) is 87.9 Å². The van der Waals surface area contributed by atoms with Crippen molar-refractivity contribution in [3.8, 4) is 11.5 Å². The number of benzene rings is 3. The Balaban J connectivity index is 1.88. The minimum absolute atomic E-state index is 0.383. The summed E-state index contributed by atoms with van der Waals surface area (Å²) in [4.78, 5) is 0.695. The summed E-state index contributed by atoms with van der Waals surface area (Å²) in [6.45, 7) is -3.64. The van der Waals surface area contributed by atoms with Crippen LogP contribution in [0.25, 0.3) is 0 Å². The van der Waals surface area contributed by atoms with Gasteiger partial charge in [0.05, 0.1) is 0 Å². The largest absolute Gasteiger partial charge is 0.497 e. The van der Waals surface area contributed by atoms with Gasteiger partial charge < -0.3 is 9.05 Å². The third-order valence-corrected chi connectivity index (χ3v) is 7.17. The molecule has 0 saturated carbocycles. The molecule has 0 aliphatic heterocycles. The van der Waals surface area contributed by atoms with Crippen molar-refractivity contribution in [1.29, 1.82) is 0 Å². The smallest absolute Gasteiger partial charge is 0.408 e. The molecule has 0 fully saturated rings. The fourth-order valence-corrected chi connectivity index (χ4v) is 5.57. The predicted molar refractivity (Wildman–Crippen MR) is 109 cm³/mol. The van der Waals surface area contributed by atoms with E-state index in [-0.39, 0.29) is 0 Å². The molecular weight excluding hydrogens is 434 g/mol. The summed E-state index contributed by atoms with van der Waals surface area (Å²) in [6, 6.07) is 20.0. The lowest BCUT2D eigenvalue weighted by atomic mass is 10.3. The van der Waals surface area contributed by atoms with Gasteiger partial charge in [0, 0.05) is 31.3 Å². The molecule has 3 rings (SSSR count). The van der Waals surface area contributed by atoms with Gasteiger partial charge in [0.25, 0.3) is 0 Å². The van der Waals surface area contributed by atoms with Gasteiger partial charge >= 0.3 is 6.80 Å². The molecule has 0 bridgehead atoms. The van der Waals surface area contributed by atoms with Crippen molar-refractivity contribution in [2.45, 2.75) is 4.90 Å². The number of halogens is 3. The van der Waals surface area contributed by atoms with Crippen LogP contribution in [0.5, 0.6) is 11.5 Å². The zero-order valence-corrected chi connectivity index (χ0v) is 17.1. The zero-order valence-electron chi connectivity index (χ0n) is 13.1. The number of rotatable bonds is 6. The summed E-state index contributed by atoms with van der Waals surface area (Å²) in [5.41, 5.74) is 0. The zero-order chi connectivity index (χ0) is 18.6. The summed E-state index contributed by atoms with van der Waals surface area (Å²) in [7, 11) is 0. The molecule has 134 valence electrons. The van der Waals surface area contributed by atoms with Crippen LogP contribution in [-0.2, 0) is 4.57 Å². The van der Waals surface area contributed by atoms with Crippen molar-refractivity contribution < 1.29 is 13.6 Å². The van der Waals surface area contributed by atoms with Crippen molar-refractivity contribution in [2.75, 3.05) is 0 Å². The molecule has 0 radical (unpaired) electrons. The van der Waals surface area contributed by atoms with Gasteiger partial charge in [-0.15, -0.1) is 0 Å². The van der Waals surface area contributed by atoms with E-state index in [1.165, 1.54) is 0 Å². The first-order valence-electron chi connectivity index (χ1n) is 7.37. The molecule has 0 unspecified atom stereocenters. The summed E-state index contributed by atoms with van der Waals surface area (Å²) in [5.74, 6) is 0.765. The first-order valence-corrected chi connectivity index (χ1v) is 11.5. The Bertz CT molecular complexity index is 793. The lowest BCUT2D eigenvalue weighted by Crippen LogP contribution is -1.98. The van der Waals surface area contributed by atoms with Crippen molar-refractivity contribution >= 4 is 53.0 Å². The van der Waals surface area contributed by atoms with Gasteiger partial charge in [-0.3, -0.25) is 0 Å². The monoisotopic (exact) mass is 444 g/mol. The van der Waals surface area contributed by atoms with Crippen LogP contribution in [0.15, 0.2) is 77.7 Å². The molecule has 3 aromatic carbocycles. The van der Waals surface area contributed by atoms with Crippen molar-refractivity contribution in [2.24, 2.45) is 0 Å². The van der Waals surface area contributed by atoms with Crippen LogP contribution in [0.2, 0.25) is 15.1 Å². The molecule has 0 heterocycles. The predicted octanol–water partition coefficient (Wildman–Crippen LogP) is 8.01. The Kier molecular flexibility index (Phi) is 6.44. The van der Waals surface area contributed by atoms with Crippen molar-refractivity contribution in [3.63, 3.8) is 0 Å². The molecule has 3 nitrogen and oxygen atoms in total. The molecule has 0 spiro atoms. The third kappa shape index (κ3) is 5.60. The molecule has 0 atom stereocenters.